The molecule has 0 radical (unpaired) electrons. The molecule has 220 valence electrons. The van der Waals surface area contributed by atoms with Gasteiger partial charge >= 0.3 is 0 Å². The van der Waals surface area contributed by atoms with Crippen LogP contribution in [-0.4, -0.2) is 71.3 Å². The Bertz CT molecular complexity index is 1410. The van der Waals surface area contributed by atoms with E-state index in [0.717, 1.165) is 12.0 Å². The number of carbonyl (C=O) groups excluding carboxylic acids is 3. The molecule has 1 unspecified atom stereocenters. The average molecular weight is 566 g/mol. The van der Waals surface area contributed by atoms with Crippen LogP contribution >= 0.6 is 0 Å². The summed E-state index contributed by atoms with van der Waals surface area (Å²) < 4.78 is 20.2. The van der Waals surface area contributed by atoms with E-state index in [1.165, 1.54) is 17.0 Å². The number of likely N-dealkylation sites (N-methyl/N-ethyl adjacent to an activating group) is 2. The SMILES string of the molecule is CN[C@@H](C)C(=O)N[C@@H](CN(C)C(=O)CC(C)C)C(=O)N1C(C)CC[C@H]1c1nc2c(-c3cccc(F)c3)cccc2o1. The molecule has 4 atom stereocenters. The molecule has 3 aromatic rings. The molecule has 1 saturated heterocycles. The lowest BCUT2D eigenvalue weighted by Crippen LogP contribution is -2.57. The number of nitrogens with zero attached hydrogens (tertiary/aromatic N) is 3. The van der Waals surface area contributed by atoms with Crippen molar-refractivity contribution >= 4 is 28.8 Å². The molecule has 1 aromatic heterocycles. The zero-order valence-corrected chi connectivity index (χ0v) is 24.6. The summed E-state index contributed by atoms with van der Waals surface area (Å²) in [7, 11) is 3.32. The number of rotatable bonds is 10. The molecule has 41 heavy (non-hydrogen) atoms. The summed E-state index contributed by atoms with van der Waals surface area (Å²) in [6.45, 7) is 7.63. The van der Waals surface area contributed by atoms with Gasteiger partial charge in [0, 0.05) is 31.6 Å². The molecule has 9 nitrogen and oxygen atoms in total. The molecule has 1 fully saturated rings. The second-order valence-electron chi connectivity index (χ2n) is 11.3. The summed E-state index contributed by atoms with van der Waals surface area (Å²) in [5, 5.41) is 5.76. The van der Waals surface area contributed by atoms with Crippen molar-refractivity contribution in [3.8, 4) is 11.1 Å². The number of hydrogen-bond acceptors (Lipinski definition) is 6. The second-order valence-corrected chi connectivity index (χ2v) is 11.3. The highest BCUT2D eigenvalue weighted by Gasteiger charge is 2.42. The first-order valence-electron chi connectivity index (χ1n) is 14.2. The molecule has 4 rings (SSSR count). The highest BCUT2D eigenvalue weighted by Crippen LogP contribution is 2.39. The maximum atomic E-state index is 14.1. The highest BCUT2D eigenvalue weighted by atomic mass is 19.1. The van der Waals surface area contributed by atoms with Crippen molar-refractivity contribution in [2.45, 2.75) is 71.1 Å². The van der Waals surface area contributed by atoms with Gasteiger partial charge in [-0.05, 0) is 63.4 Å². The third kappa shape index (κ3) is 6.75. The number of para-hydroxylation sites is 1. The first-order chi connectivity index (χ1) is 19.5. The van der Waals surface area contributed by atoms with Crippen LogP contribution in [-0.2, 0) is 14.4 Å². The van der Waals surface area contributed by atoms with Crippen LogP contribution in [0.15, 0.2) is 46.9 Å². The smallest absolute Gasteiger partial charge is 0.247 e. The third-order valence-electron chi connectivity index (χ3n) is 7.69. The number of benzene rings is 2. The summed E-state index contributed by atoms with van der Waals surface area (Å²) in [6, 6.07) is 9.74. The minimum absolute atomic E-state index is 0.0414. The fourth-order valence-electron chi connectivity index (χ4n) is 5.27. The van der Waals surface area contributed by atoms with E-state index in [1.54, 1.807) is 38.1 Å². The maximum Gasteiger partial charge on any atom is 0.247 e. The Morgan fingerprint density at radius 3 is 2.56 bits per heavy atom. The van der Waals surface area contributed by atoms with Gasteiger partial charge in [0.05, 0.1) is 6.04 Å². The molecule has 1 aliphatic rings. The van der Waals surface area contributed by atoms with E-state index in [-0.39, 0.29) is 42.0 Å². The minimum Gasteiger partial charge on any atom is -0.438 e. The minimum atomic E-state index is -0.949. The number of oxazole rings is 1. The number of aromatic nitrogens is 1. The predicted molar refractivity (Wildman–Crippen MR) is 155 cm³/mol. The maximum absolute atomic E-state index is 14.1. The van der Waals surface area contributed by atoms with Gasteiger partial charge < -0.3 is 24.9 Å². The van der Waals surface area contributed by atoms with E-state index >= 15 is 0 Å². The number of fused-ring (bicyclic) bond motifs is 1. The van der Waals surface area contributed by atoms with E-state index in [2.05, 4.69) is 10.6 Å². The Morgan fingerprint density at radius 2 is 1.88 bits per heavy atom. The van der Waals surface area contributed by atoms with Crippen LogP contribution in [0.25, 0.3) is 22.2 Å². The summed E-state index contributed by atoms with van der Waals surface area (Å²) >= 11 is 0. The average Bonchev–Trinajstić information content (AvgIpc) is 3.54. The molecule has 3 amide bonds. The Kier molecular flexibility index (Phi) is 9.42. The van der Waals surface area contributed by atoms with Crippen LogP contribution in [0.1, 0.15) is 58.9 Å². The molecule has 10 heteroatoms. The quantitative estimate of drug-likeness (QED) is 0.380. The molecule has 2 aromatic carbocycles. The predicted octanol–water partition coefficient (Wildman–Crippen LogP) is 4.28. The highest BCUT2D eigenvalue weighted by molar-refractivity contribution is 5.92. The standard InChI is InChI=1S/C31H40FN5O4/c1-18(2)15-27(38)36(6)17-24(34-29(39)20(4)33-5)31(40)37-19(3)13-14-25(37)30-35-28-23(11-8-12-26(28)41-30)21-9-7-10-22(32)16-21/h7-12,16,18-20,24-25,33H,13-15,17H2,1-6H3,(H,34,39)/t19?,20-,24-,25-/m0/s1. The third-order valence-corrected chi connectivity index (χ3v) is 7.69. The van der Waals surface area contributed by atoms with Gasteiger partial charge in [0.25, 0.3) is 0 Å². The van der Waals surface area contributed by atoms with Crippen molar-refractivity contribution in [1.29, 1.82) is 0 Å². The van der Waals surface area contributed by atoms with Gasteiger partial charge in [-0.1, -0.05) is 38.1 Å². The normalized spacial score (nSPS) is 18.5. The Labute approximate surface area is 240 Å². The van der Waals surface area contributed by atoms with Gasteiger partial charge in [0.15, 0.2) is 5.58 Å². The molecule has 0 saturated carbocycles. The topological polar surface area (TPSA) is 108 Å². The molecular weight excluding hydrogens is 525 g/mol. The number of carbonyl (C=O) groups is 3. The largest absolute Gasteiger partial charge is 0.438 e. The van der Waals surface area contributed by atoms with Gasteiger partial charge in [-0.2, -0.15) is 0 Å². The Morgan fingerprint density at radius 1 is 1.15 bits per heavy atom. The Balaban J connectivity index is 1.66. The van der Waals surface area contributed by atoms with Gasteiger partial charge in [-0.3, -0.25) is 14.4 Å². The summed E-state index contributed by atoms with van der Waals surface area (Å²) in [4.78, 5) is 47.8. The van der Waals surface area contributed by atoms with Crippen LogP contribution in [0.5, 0.6) is 0 Å². The molecular formula is C31H40FN5O4. The van der Waals surface area contributed by atoms with Gasteiger partial charge in [0.2, 0.25) is 23.6 Å². The lowest BCUT2D eigenvalue weighted by atomic mass is 10.0. The first-order valence-corrected chi connectivity index (χ1v) is 14.2. The molecule has 2 N–H and O–H groups in total. The van der Waals surface area contributed by atoms with Gasteiger partial charge in [-0.25, -0.2) is 9.37 Å². The van der Waals surface area contributed by atoms with Crippen LogP contribution in [0.3, 0.4) is 0 Å². The molecule has 1 aliphatic heterocycles. The van der Waals surface area contributed by atoms with Crippen molar-refractivity contribution in [2.24, 2.45) is 5.92 Å². The summed E-state index contributed by atoms with van der Waals surface area (Å²) in [6.07, 6.45) is 1.70. The van der Waals surface area contributed by atoms with Crippen LogP contribution in [0.2, 0.25) is 0 Å². The zero-order valence-electron chi connectivity index (χ0n) is 24.6. The van der Waals surface area contributed by atoms with Crippen LogP contribution in [0.4, 0.5) is 4.39 Å². The number of likely N-dealkylation sites (tertiary alicyclic amines) is 1. The Hall–Kier alpha value is -3.79. The molecule has 0 aliphatic carbocycles. The van der Waals surface area contributed by atoms with E-state index < -0.39 is 18.1 Å². The lowest BCUT2D eigenvalue weighted by Gasteiger charge is -2.33. The first kappa shape index (κ1) is 30.2. The van der Waals surface area contributed by atoms with E-state index in [0.29, 0.717) is 35.4 Å². The lowest BCUT2D eigenvalue weighted by molar-refractivity contribution is -0.141. The van der Waals surface area contributed by atoms with Gasteiger partial charge in [0.1, 0.15) is 23.4 Å². The van der Waals surface area contributed by atoms with Crippen molar-refractivity contribution in [3.63, 3.8) is 0 Å². The summed E-state index contributed by atoms with van der Waals surface area (Å²) in [5.74, 6) is -0.517. The molecule has 0 spiro atoms. The number of nitrogens with one attached hydrogen (secondary N) is 2. The number of hydrogen-bond donors (Lipinski definition) is 2. The monoisotopic (exact) mass is 565 g/mol. The zero-order chi connectivity index (χ0) is 29.8. The fourth-order valence-corrected chi connectivity index (χ4v) is 5.27. The number of halogens is 1. The van der Waals surface area contributed by atoms with Crippen molar-refractivity contribution in [2.75, 3.05) is 20.6 Å². The molecule has 0 bridgehead atoms. The van der Waals surface area contributed by atoms with Crippen molar-refractivity contribution < 1.29 is 23.2 Å². The van der Waals surface area contributed by atoms with Crippen LogP contribution in [0, 0.1) is 11.7 Å². The van der Waals surface area contributed by atoms with E-state index in [4.69, 9.17) is 9.40 Å². The molecule has 2 heterocycles. The second kappa shape index (κ2) is 12.8. The van der Waals surface area contributed by atoms with Gasteiger partial charge in [-0.15, -0.1) is 0 Å². The number of amides is 3. The summed E-state index contributed by atoms with van der Waals surface area (Å²) in [5.41, 5.74) is 2.54. The van der Waals surface area contributed by atoms with E-state index in [1.807, 2.05) is 39.0 Å². The van der Waals surface area contributed by atoms with Crippen molar-refractivity contribution in [1.82, 2.24) is 25.4 Å². The van der Waals surface area contributed by atoms with Crippen molar-refractivity contribution in [3.05, 3.63) is 54.2 Å². The van der Waals surface area contributed by atoms with E-state index in [9.17, 15) is 18.8 Å². The fraction of sp³-hybridized carbons (Fsp3) is 0.484. The van der Waals surface area contributed by atoms with Crippen LogP contribution < -0.4 is 10.6 Å².